The summed E-state index contributed by atoms with van der Waals surface area (Å²) >= 11 is 6.00. The van der Waals surface area contributed by atoms with Crippen LogP contribution in [0.4, 0.5) is 8.78 Å². The van der Waals surface area contributed by atoms with Crippen LogP contribution in [0.15, 0.2) is 18.2 Å². The molecule has 0 aliphatic heterocycles. The number of carbonyl (C=O) groups excluding carboxylic acids is 1. The van der Waals surface area contributed by atoms with Crippen LogP contribution in [0.2, 0.25) is 5.02 Å². The van der Waals surface area contributed by atoms with E-state index in [1.165, 1.54) is 7.11 Å². The van der Waals surface area contributed by atoms with Crippen molar-refractivity contribution in [2.24, 2.45) is 17.3 Å². The minimum absolute atomic E-state index is 0.289. The molecule has 3 bridgehead atoms. The van der Waals surface area contributed by atoms with Gasteiger partial charge in [-0.1, -0.05) is 11.6 Å². The second-order valence-electron chi connectivity index (χ2n) is 8.42. The van der Waals surface area contributed by atoms with Crippen molar-refractivity contribution < 1.29 is 18.3 Å². The maximum atomic E-state index is 15.4. The third-order valence-corrected chi connectivity index (χ3v) is 6.90. The molecule has 1 aromatic carbocycles. The summed E-state index contributed by atoms with van der Waals surface area (Å²) in [5, 5.41) is 3.34. The number of benzene rings is 1. The standard InChI is InChI=1S/C20H24ClF2NO2/c1-26-17-5-3-13(21)6-14(17)18(25)24-11-19-7-12-2-4-15(16(22)9-19)20(23,8-12)10-19/h3,5-6,12,15-16H,2,4,7-11H2,1H3,(H,24,25). The molecule has 4 rings (SSSR count). The van der Waals surface area contributed by atoms with Crippen LogP contribution in [-0.4, -0.2) is 31.4 Å². The van der Waals surface area contributed by atoms with Crippen LogP contribution in [-0.2, 0) is 0 Å². The highest BCUT2D eigenvalue weighted by Gasteiger charge is 2.61. The minimum atomic E-state index is -1.41. The van der Waals surface area contributed by atoms with E-state index in [0.717, 1.165) is 12.8 Å². The van der Waals surface area contributed by atoms with Crippen molar-refractivity contribution in [2.45, 2.75) is 50.4 Å². The fraction of sp³-hybridized carbons (Fsp3) is 0.650. The number of amides is 1. The number of methoxy groups -OCH3 is 1. The average molecular weight is 384 g/mol. The first kappa shape index (κ1) is 18.0. The van der Waals surface area contributed by atoms with Gasteiger partial charge in [0.15, 0.2) is 0 Å². The lowest BCUT2D eigenvalue weighted by atomic mass is 9.49. The van der Waals surface area contributed by atoms with E-state index in [9.17, 15) is 9.18 Å². The van der Waals surface area contributed by atoms with Gasteiger partial charge in [-0.15, -0.1) is 0 Å². The van der Waals surface area contributed by atoms with Gasteiger partial charge in [0.05, 0.1) is 12.7 Å². The number of alkyl halides is 2. The summed E-state index contributed by atoms with van der Waals surface area (Å²) in [6.45, 7) is 0.289. The van der Waals surface area contributed by atoms with Crippen LogP contribution in [0.3, 0.4) is 0 Å². The normalized spacial score (nSPS) is 38.1. The summed E-state index contributed by atoms with van der Waals surface area (Å²) in [6.07, 6.45) is 2.40. The summed E-state index contributed by atoms with van der Waals surface area (Å²) < 4.78 is 35.4. The van der Waals surface area contributed by atoms with Crippen LogP contribution in [0, 0.1) is 17.3 Å². The quantitative estimate of drug-likeness (QED) is 0.816. The third-order valence-electron chi connectivity index (χ3n) is 6.66. The Bertz CT molecular complexity index is 726. The van der Waals surface area contributed by atoms with E-state index in [2.05, 4.69) is 5.32 Å². The SMILES string of the molecule is COc1ccc(Cl)cc1C(=O)NCC12CC3CCC(C(F)C1)C(F)(C3)C2. The lowest BCUT2D eigenvalue weighted by Gasteiger charge is -2.58. The lowest BCUT2D eigenvalue weighted by Crippen LogP contribution is -2.60. The number of nitrogens with one attached hydrogen (secondary N) is 1. The Kier molecular flexibility index (Phi) is 4.41. The molecule has 26 heavy (non-hydrogen) atoms. The number of carbonyl (C=O) groups is 1. The Hall–Kier alpha value is -1.36. The highest BCUT2D eigenvalue weighted by Crippen LogP contribution is 2.62. The van der Waals surface area contributed by atoms with Gasteiger partial charge in [-0.3, -0.25) is 4.79 Å². The molecule has 1 N–H and O–H groups in total. The molecule has 1 aromatic rings. The molecular formula is C20H24ClF2NO2. The summed E-state index contributed by atoms with van der Waals surface area (Å²) in [5.41, 5.74) is -1.56. The summed E-state index contributed by atoms with van der Waals surface area (Å²) in [7, 11) is 1.49. The number of hydrogen-bond acceptors (Lipinski definition) is 2. The van der Waals surface area contributed by atoms with E-state index in [1.54, 1.807) is 18.2 Å². The lowest BCUT2D eigenvalue weighted by molar-refractivity contribution is -0.151. The van der Waals surface area contributed by atoms with Gasteiger partial charge >= 0.3 is 0 Å². The molecule has 5 atom stereocenters. The topological polar surface area (TPSA) is 38.3 Å². The van der Waals surface area contributed by atoms with E-state index in [1.807, 2.05) is 0 Å². The van der Waals surface area contributed by atoms with Crippen molar-refractivity contribution >= 4 is 17.5 Å². The molecule has 0 aromatic heterocycles. The Morgan fingerprint density at radius 2 is 2.15 bits per heavy atom. The second-order valence-corrected chi connectivity index (χ2v) is 8.85. The number of ether oxygens (including phenoxy) is 1. The molecule has 5 unspecified atom stereocenters. The smallest absolute Gasteiger partial charge is 0.255 e. The third kappa shape index (κ3) is 2.98. The van der Waals surface area contributed by atoms with Gasteiger partial charge < -0.3 is 10.1 Å². The summed E-state index contributed by atoms with van der Waals surface area (Å²) in [5.74, 6) is -0.0511. The van der Waals surface area contributed by atoms with Crippen LogP contribution in [0.1, 0.15) is 48.9 Å². The number of hydrogen-bond donors (Lipinski definition) is 1. The first-order valence-electron chi connectivity index (χ1n) is 9.29. The number of fused-ring (bicyclic) bond motifs is 2. The molecule has 0 spiro atoms. The molecule has 3 aliphatic carbocycles. The fourth-order valence-electron chi connectivity index (χ4n) is 5.74. The average Bonchev–Trinajstić information content (AvgIpc) is 2.57. The highest BCUT2D eigenvalue weighted by atomic mass is 35.5. The van der Waals surface area contributed by atoms with Crippen molar-refractivity contribution in [1.29, 1.82) is 0 Å². The van der Waals surface area contributed by atoms with E-state index in [4.69, 9.17) is 16.3 Å². The second kappa shape index (κ2) is 6.36. The molecule has 3 nitrogen and oxygen atoms in total. The molecule has 3 fully saturated rings. The van der Waals surface area contributed by atoms with Crippen molar-refractivity contribution in [2.75, 3.05) is 13.7 Å². The van der Waals surface area contributed by atoms with Gasteiger partial charge in [0.25, 0.3) is 5.91 Å². The van der Waals surface area contributed by atoms with Crippen molar-refractivity contribution in [3.05, 3.63) is 28.8 Å². The Labute approximate surface area is 157 Å². The van der Waals surface area contributed by atoms with Gasteiger partial charge in [-0.2, -0.15) is 0 Å². The zero-order valence-corrected chi connectivity index (χ0v) is 15.6. The van der Waals surface area contributed by atoms with E-state index < -0.39 is 23.2 Å². The first-order valence-corrected chi connectivity index (χ1v) is 9.67. The van der Waals surface area contributed by atoms with Crippen LogP contribution in [0.25, 0.3) is 0 Å². The van der Waals surface area contributed by atoms with Crippen LogP contribution < -0.4 is 10.1 Å². The maximum absolute atomic E-state index is 15.4. The summed E-state index contributed by atoms with van der Waals surface area (Å²) in [4.78, 5) is 12.7. The maximum Gasteiger partial charge on any atom is 0.255 e. The van der Waals surface area contributed by atoms with E-state index >= 15 is 4.39 Å². The van der Waals surface area contributed by atoms with Crippen molar-refractivity contribution in [3.63, 3.8) is 0 Å². The first-order chi connectivity index (χ1) is 12.3. The molecule has 0 saturated heterocycles. The molecule has 0 heterocycles. The van der Waals surface area contributed by atoms with E-state index in [0.29, 0.717) is 47.9 Å². The summed E-state index contributed by atoms with van der Waals surface area (Å²) in [6, 6.07) is 4.84. The molecule has 3 saturated carbocycles. The van der Waals surface area contributed by atoms with Gasteiger partial charge in [-0.05, 0) is 68.1 Å². The van der Waals surface area contributed by atoms with Crippen molar-refractivity contribution in [1.82, 2.24) is 5.32 Å². The zero-order chi connectivity index (χ0) is 18.5. The minimum Gasteiger partial charge on any atom is -0.496 e. The molecule has 0 radical (unpaired) electrons. The zero-order valence-electron chi connectivity index (χ0n) is 14.9. The number of halogens is 3. The van der Waals surface area contributed by atoms with E-state index in [-0.39, 0.29) is 12.5 Å². The van der Waals surface area contributed by atoms with Crippen molar-refractivity contribution in [3.8, 4) is 5.75 Å². The molecule has 6 heteroatoms. The predicted octanol–water partition coefficient (Wildman–Crippen LogP) is 4.73. The Balaban J connectivity index is 1.52. The Morgan fingerprint density at radius 3 is 2.92 bits per heavy atom. The van der Waals surface area contributed by atoms with Crippen LogP contribution >= 0.6 is 11.6 Å². The van der Waals surface area contributed by atoms with Crippen LogP contribution in [0.5, 0.6) is 5.75 Å². The fourth-order valence-corrected chi connectivity index (χ4v) is 5.91. The number of rotatable bonds is 4. The van der Waals surface area contributed by atoms with Gasteiger partial charge in [0.2, 0.25) is 0 Å². The predicted molar refractivity (Wildman–Crippen MR) is 96.2 cm³/mol. The molecule has 1 amide bonds. The molecular weight excluding hydrogens is 360 g/mol. The monoisotopic (exact) mass is 383 g/mol. The Morgan fingerprint density at radius 1 is 1.35 bits per heavy atom. The highest BCUT2D eigenvalue weighted by molar-refractivity contribution is 6.31. The molecule has 142 valence electrons. The molecule has 3 aliphatic rings. The van der Waals surface area contributed by atoms with Gasteiger partial charge in [0, 0.05) is 17.5 Å². The van der Waals surface area contributed by atoms with Gasteiger partial charge in [-0.25, -0.2) is 8.78 Å². The van der Waals surface area contributed by atoms with Gasteiger partial charge in [0.1, 0.15) is 17.6 Å². The largest absolute Gasteiger partial charge is 0.496 e.